The van der Waals surface area contributed by atoms with Gasteiger partial charge in [0.1, 0.15) is 30.9 Å². The van der Waals surface area contributed by atoms with Crippen LogP contribution in [0.4, 0.5) is 13.6 Å². The molecule has 41 heavy (non-hydrogen) atoms. The summed E-state index contributed by atoms with van der Waals surface area (Å²) in [6.45, 7) is 3.99. The van der Waals surface area contributed by atoms with Gasteiger partial charge in [-0.25, -0.2) is 13.6 Å². The van der Waals surface area contributed by atoms with Gasteiger partial charge in [-0.15, -0.1) is 0 Å². The lowest BCUT2D eigenvalue weighted by atomic mass is 9.83. The molecule has 0 saturated carbocycles. The molecular formula is C29H29ClF2N2O7. The Hall–Kier alpha value is -3.93. The van der Waals surface area contributed by atoms with Gasteiger partial charge in [-0.05, 0) is 32.9 Å². The second kappa shape index (κ2) is 11.5. The summed E-state index contributed by atoms with van der Waals surface area (Å²) in [4.78, 5) is 24.9. The van der Waals surface area contributed by atoms with Gasteiger partial charge in [-0.2, -0.15) is 0 Å². The van der Waals surface area contributed by atoms with E-state index >= 15 is 8.78 Å². The quantitative estimate of drug-likeness (QED) is 0.300. The number of amides is 2. The van der Waals surface area contributed by atoms with Crippen molar-refractivity contribution in [3.8, 4) is 22.6 Å². The molecular weight excluding hydrogens is 562 g/mol. The Morgan fingerprint density at radius 2 is 1.83 bits per heavy atom. The SMILES string of the molecule is CC(C)(C)NC(=O)OCC1(c2ccccc2)Oc2cc(F)c(Cl)c(-c3c(C(N)=O)ccc(OCCO)c3F)c2C1O. The fraction of sp³-hybridized carbons (Fsp3) is 0.310. The van der Waals surface area contributed by atoms with Gasteiger partial charge in [0, 0.05) is 33.9 Å². The Morgan fingerprint density at radius 1 is 1.15 bits per heavy atom. The number of hydrogen-bond acceptors (Lipinski definition) is 7. The molecule has 4 rings (SSSR count). The number of halogens is 3. The predicted molar refractivity (Wildman–Crippen MR) is 146 cm³/mol. The molecule has 218 valence electrons. The number of aliphatic hydroxyl groups is 2. The molecule has 2 atom stereocenters. The van der Waals surface area contributed by atoms with Crippen molar-refractivity contribution >= 4 is 23.6 Å². The number of carbonyl (C=O) groups excluding carboxylic acids is 2. The standard InChI is InChI=1S/C29H29ClF2N2O7/c1-28(2,3)34-27(38)40-14-29(15-7-5-4-6-8-15)25(36)21-19(41-29)13-17(31)23(30)22(21)20-16(26(33)37)9-10-18(24(20)32)39-12-11-35/h4-10,13,25,35-36H,11-12,14H2,1-3H3,(H2,33,37)(H,34,38). The molecule has 0 aliphatic carbocycles. The van der Waals surface area contributed by atoms with Gasteiger partial charge in [0.2, 0.25) is 5.91 Å². The summed E-state index contributed by atoms with van der Waals surface area (Å²) < 4.78 is 48.1. The average molecular weight is 591 g/mol. The molecule has 0 spiro atoms. The Labute approximate surface area is 239 Å². The van der Waals surface area contributed by atoms with Gasteiger partial charge in [-0.3, -0.25) is 4.79 Å². The maximum atomic E-state index is 15.9. The highest BCUT2D eigenvalue weighted by Crippen LogP contribution is 2.55. The molecule has 9 nitrogen and oxygen atoms in total. The number of aliphatic hydroxyl groups excluding tert-OH is 2. The summed E-state index contributed by atoms with van der Waals surface area (Å²) in [7, 11) is 0. The topological polar surface area (TPSA) is 140 Å². The first-order valence-corrected chi connectivity index (χ1v) is 12.9. The third-order valence-electron chi connectivity index (χ3n) is 6.36. The number of alkyl carbamates (subject to hydrolysis) is 1. The Kier molecular flexibility index (Phi) is 8.44. The van der Waals surface area contributed by atoms with Crippen LogP contribution in [0, 0.1) is 11.6 Å². The number of carbonyl (C=O) groups is 2. The molecule has 2 unspecified atom stereocenters. The maximum absolute atomic E-state index is 15.9. The number of ether oxygens (including phenoxy) is 3. The zero-order valence-electron chi connectivity index (χ0n) is 22.5. The molecule has 12 heteroatoms. The van der Waals surface area contributed by atoms with Crippen LogP contribution >= 0.6 is 11.6 Å². The molecule has 2 amide bonds. The first kappa shape index (κ1) is 30.0. The van der Waals surface area contributed by atoms with Crippen molar-refractivity contribution in [1.82, 2.24) is 5.32 Å². The van der Waals surface area contributed by atoms with Gasteiger partial charge in [-0.1, -0.05) is 41.9 Å². The average Bonchev–Trinajstić information content (AvgIpc) is 3.19. The molecule has 3 aromatic carbocycles. The second-order valence-corrected chi connectivity index (χ2v) is 10.8. The van der Waals surface area contributed by atoms with Crippen molar-refractivity contribution in [2.45, 2.75) is 38.0 Å². The lowest BCUT2D eigenvalue weighted by Crippen LogP contribution is -2.45. The smallest absolute Gasteiger partial charge is 0.407 e. The Morgan fingerprint density at radius 3 is 2.44 bits per heavy atom. The van der Waals surface area contributed by atoms with Crippen molar-refractivity contribution in [1.29, 1.82) is 0 Å². The van der Waals surface area contributed by atoms with Crippen molar-refractivity contribution in [3.63, 3.8) is 0 Å². The largest absolute Gasteiger partial charge is 0.488 e. The zero-order valence-corrected chi connectivity index (χ0v) is 23.2. The van der Waals surface area contributed by atoms with Crippen LogP contribution in [0.2, 0.25) is 5.02 Å². The third-order valence-corrected chi connectivity index (χ3v) is 6.73. The number of nitrogens with one attached hydrogen (secondary N) is 1. The number of rotatable bonds is 8. The number of fused-ring (bicyclic) bond motifs is 1. The van der Waals surface area contributed by atoms with E-state index in [4.69, 9.17) is 36.7 Å². The summed E-state index contributed by atoms with van der Waals surface area (Å²) >= 11 is 6.38. The van der Waals surface area contributed by atoms with E-state index < -0.39 is 70.2 Å². The fourth-order valence-electron chi connectivity index (χ4n) is 4.62. The molecule has 0 fully saturated rings. The predicted octanol–water partition coefficient (Wildman–Crippen LogP) is 4.60. The van der Waals surface area contributed by atoms with Crippen LogP contribution in [0.25, 0.3) is 11.1 Å². The first-order chi connectivity index (χ1) is 19.3. The van der Waals surface area contributed by atoms with Crippen LogP contribution in [0.1, 0.15) is 48.4 Å². The molecule has 5 N–H and O–H groups in total. The van der Waals surface area contributed by atoms with Gasteiger partial charge >= 0.3 is 6.09 Å². The first-order valence-electron chi connectivity index (χ1n) is 12.6. The molecule has 1 aliphatic heterocycles. The molecule has 0 aromatic heterocycles. The van der Waals surface area contributed by atoms with E-state index in [1.54, 1.807) is 51.1 Å². The minimum Gasteiger partial charge on any atom is -0.488 e. The van der Waals surface area contributed by atoms with Crippen LogP contribution in [0.15, 0.2) is 48.5 Å². The van der Waals surface area contributed by atoms with Gasteiger partial charge in [0.25, 0.3) is 0 Å². The van der Waals surface area contributed by atoms with Crippen molar-refractivity contribution < 1.29 is 42.8 Å². The van der Waals surface area contributed by atoms with Crippen molar-refractivity contribution in [2.24, 2.45) is 5.73 Å². The highest BCUT2D eigenvalue weighted by molar-refractivity contribution is 6.34. The van der Waals surface area contributed by atoms with E-state index in [1.807, 2.05) is 0 Å². The summed E-state index contributed by atoms with van der Waals surface area (Å²) in [6, 6.07) is 11.5. The van der Waals surface area contributed by atoms with E-state index in [0.29, 0.717) is 5.56 Å². The van der Waals surface area contributed by atoms with E-state index in [9.17, 15) is 14.7 Å². The third kappa shape index (κ3) is 5.79. The normalized spacial score (nSPS) is 17.9. The fourth-order valence-corrected chi connectivity index (χ4v) is 4.87. The number of primary amides is 1. The molecule has 0 radical (unpaired) electrons. The Balaban J connectivity index is 1.93. The van der Waals surface area contributed by atoms with E-state index in [-0.39, 0.29) is 29.2 Å². The molecule has 3 aromatic rings. The summed E-state index contributed by atoms with van der Waals surface area (Å²) in [5, 5.41) is 23.0. The van der Waals surface area contributed by atoms with Crippen LogP contribution in [0.5, 0.6) is 11.5 Å². The van der Waals surface area contributed by atoms with E-state index in [1.165, 1.54) is 0 Å². The second-order valence-electron chi connectivity index (χ2n) is 10.4. The van der Waals surface area contributed by atoms with Gasteiger partial charge in [0.05, 0.1) is 17.2 Å². The number of benzene rings is 3. The lowest BCUT2D eigenvalue weighted by molar-refractivity contribution is -0.0726. The molecule has 0 saturated heterocycles. The summed E-state index contributed by atoms with van der Waals surface area (Å²) in [6.07, 6.45) is -2.52. The molecule has 1 heterocycles. The number of nitrogens with two attached hydrogens (primary N) is 1. The van der Waals surface area contributed by atoms with Crippen LogP contribution in [-0.4, -0.2) is 47.6 Å². The highest BCUT2D eigenvalue weighted by atomic mass is 35.5. The summed E-state index contributed by atoms with van der Waals surface area (Å²) in [5.41, 5.74) is 1.96. The van der Waals surface area contributed by atoms with Crippen molar-refractivity contribution in [2.75, 3.05) is 19.8 Å². The summed E-state index contributed by atoms with van der Waals surface area (Å²) in [5.74, 6) is -3.84. The minimum absolute atomic E-state index is 0.166. The maximum Gasteiger partial charge on any atom is 0.407 e. The van der Waals surface area contributed by atoms with E-state index in [2.05, 4.69) is 5.32 Å². The zero-order chi connectivity index (χ0) is 30.1. The number of hydrogen-bond donors (Lipinski definition) is 4. The monoisotopic (exact) mass is 590 g/mol. The highest BCUT2D eigenvalue weighted by Gasteiger charge is 2.53. The van der Waals surface area contributed by atoms with Gasteiger partial charge in [0.15, 0.2) is 17.2 Å². The molecule has 0 bridgehead atoms. The van der Waals surface area contributed by atoms with E-state index in [0.717, 1.165) is 18.2 Å². The lowest BCUT2D eigenvalue weighted by Gasteiger charge is -2.32. The van der Waals surface area contributed by atoms with Crippen LogP contribution in [0.3, 0.4) is 0 Å². The Bertz CT molecular complexity index is 1480. The van der Waals surface area contributed by atoms with Gasteiger partial charge < -0.3 is 35.5 Å². The van der Waals surface area contributed by atoms with Crippen molar-refractivity contribution in [3.05, 3.63) is 81.9 Å². The van der Waals surface area contributed by atoms with Crippen LogP contribution < -0.4 is 20.5 Å². The minimum atomic E-state index is -1.82. The van der Waals surface area contributed by atoms with Crippen LogP contribution in [-0.2, 0) is 10.3 Å². The molecule has 1 aliphatic rings.